The van der Waals surface area contributed by atoms with Crippen molar-refractivity contribution in [2.45, 2.75) is 25.1 Å². The molecule has 0 atom stereocenters. The summed E-state index contributed by atoms with van der Waals surface area (Å²) in [6, 6.07) is -0.445. The van der Waals surface area contributed by atoms with E-state index in [0.717, 1.165) is 0 Å². The highest BCUT2D eigenvalue weighted by Gasteiger charge is 2.31. The Morgan fingerprint density at radius 2 is 1.95 bits per heavy atom. The minimum Gasteiger partial charge on any atom is -0.409 e. The molecule has 0 bridgehead atoms. The van der Waals surface area contributed by atoms with Crippen molar-refractivity contribution in [1.29, 1.82) is 0 Å². The molecule has 0 aromatic carbocycles. The van der Waals surface area contributed by atoms with Gasteiger partial charge >= 0.3 is 6.18 Å². The van der Waals surface area contributed by atoms with Crippen LogP contribution in [0.5, 0.6) is 0 Å². The molecule has 0 aliphatic carbocycles. The second-order valence-corrected chi connectivity index (χ2v) is 6.23. The Kier molecular flexibility index (Phi) is 6.19. The van der Waals surface area contributed by atoms with Gasteiger partial charge in [0.15, 0.2) is 5.84 Å². The van der Waals surface area contributed by atoms with Gasteiger partial charge in [-0.05, 0) is 12.8 Å². The van der Waals surface area contributed by atoms with Crippen LogP contribution in [0.25, 0.3) is 0 Å². The highest BCUT2D eigenvalue weighted by Crippen LogP contribution is 2.13. The molecule has 1 rings (SSSR count). The van der Waals surface area contributed by atoms with E-state index in [2.05, 4.69) is 9.88 Å². The zero-order chi connectivity index (χ0) is 16.1. The van der Waals surface area contributed by atoms with E-state index in [1.54, 1.807) is 0 Å². The van der Waals surface area contributed by atoms with Crippen LogP contribution < -0.4 is 15.2 Å². The van der Waals surface area contributed by atoms with Crippen molar-refractivity contribution in [2.75, 3.05) is 26.2 Å². The van der Waals surface area contributed by atoms with E-state index in [4.69, 9.17) is 10.9 Å². The van der Waals surface area contributed by atoms with E-state index in [0.29, 0.717) is 25.9 Å². The van der Waals surface area contributed by atoms with Crippen LogP contribution in [0.1, 0.15) is 12.8 Å². The molecule has 1 aliphatic rings. The third-order valence-corrected chi connectivity index (χ3v) is 4.05. The molecule has 12 heteroatoms. The summed E-state index contributed by atoms with van der Waals surface area (Å²) in [5, 5.41) is 11.3. The van der Waals surface area contributed by atoms with Crippen molar-refractivity contribution < 1.29 is 26.8 Å². The number of oxime groups is 1. The Morgan fingerprint density at radius 1 is 1.38 bits per heavy atom. The molecule has 5 N–H and O–H groups in total. The van der Waals surface area contributed by atoms with Gasteiger partial charge in [0, 0.05) is 19.1 Å². The van der Waals surface area contributed by atoms with E-state index < -0.39 is 29.0 Å². The average molecular weight is 333 g/mol. The van der Waals surface area contributed by atoms with Crippen LogP contribution in [0.4, 0.5) is 13.2 Å². The fourth-order valence-corrected chi connectivity index (χ4v) is 3.02. The molecule has 21 heavy (non-hydrogen) atoms. The highest BCUT2D eigenvalue weighted by molar-refractivity contribution is 7.87. The molecule has 0 aromatic heterocycles. The Bertz CT molecular complexity index is 460. The molecular weight excluding hydrogens is 315 g/mol. The molecule has 8 nitrogen and oxygen atoms in total. The number of likely N-dealkylation sites (tertiary alicyclic amines) is 1. The maximum atomic E-state index is 12.0. The van der Waals surface area contributed by atoms with Gasteiger partial charge in [0.25, 0.3) is 10.2 Å². The molecule has 0 aromatic rings. The molecule has 1 heterocycles. The maximum Gasteiger partial charge on any atom is 0.402 e. The molecule has 0 saturated carbocycles. The van der Waals surface area contributed by atoms with Crippen molar-refractivity contribution in [3.63, 3.8) is 0 Å². The van der Waals surface area contributed by atoms with Gasteiger partial charge in [0.2, 0.25) is 0 Å². The maximum absolute atomic E-state index is 12.0. The molecule has 0 unspecified atom stereocenters. The monoisotopic (exact) mass is 333 g/mol. The van der Waals surface area contributed by atoms with Crippen LogP contribution in [0, 0.1) is 0 Å². The van der Waals surface area contributed by atoms with Gasteiger partial charge in [-0.25, -0.2) is 0 Å². The number of nitrogens with one attached hydrogen (secondary N) is 2. The second kappa shape index (κ2) is 7.24. The number of alkyl halides is 3. The van der Waals surface area contributed by atoms with Crippen molar-refractivity contribution in [3.05, 3.63) is 0 Å². The van der Waals surface area contributed by atoms with Crippen LogP contribution in [0.3, 0.4) is 0 Å². The topological polar surface area (TPSA) is 120 Å². The van der Waals surface area contributed by atoms with Gasteiger partial charge < -0.3 is 10.9 Å². The van der Waals surface area contributed by atoms with Crippen molar-refractivity contribution in [2.24, 2.45) is 10.9 Å². The fraction of sp³-hybridized carbons (Fsp3) is 0.889. The molecule has 1 aliphatic heterocycles. The van der Waals surface area contributed by atoms with Gasteiger partial charge in [-0.3, -0.25) is 4.90 Å². The first-order chi connectivity index (χ1) is 9.61. The predicted octanol–water partition coefficient (Wildman–Crippen LogP) is -0.816. The second-order valence-electron chi connectivity index (χ2n) is 4.70. The summed E-state index contributed by atoms with van der Waals surface area (Å²) < 4.78 is 62.4. The zero-order valence-electron chi connectivity index (χ0n) is 11.1. The van der Waals surface area contributed by atoms with E-state index in [1.807, 2.05) is 4.90 Å². The van der Waals surface area contributed by atoms with Crippen molar-refractivity contribution >= 4 is 16.0 Å². The SMILES string of the molecule is NC(CN1CCC(NS(=O)(=O)NCC(F)(F)F)CC1)=NO. The average Bonchev–Trinajstić information content (AvgIpc) is 2.38. The van der Waals surface area contributed by atoms with Gasteiger partial charge in [-0.15, -0.1) is 0 Å². The molecule has 0 amide bonds. The molecule has 1 saturated heterocycles. The van der Waals surface area contributed by atoms with E-state index in [9.17, 15) is 21.6 Å². The predicted molar refractivity (Wildman–Crippen MR) is 69.0 cm³/mol. The molecule has 0 spiro atoms. The highest BCUT2D eigenvalue weighted by atomic mass is 32.2. The number of hydrogen-bond acceptors (Lipinski definition) is 5. The Morgan fingerprint density at radius 3 is 2.43 bits per heavy atom. The summed E-state index contributed by atoms with van der Waals surface area (Å²) in [5.41, 5.74) is 5.35. The minimum absolute atomic E-state index is 0.0425. The summed E-state index contributed by atoms with van der Waals surface area (Å²) in [6.45, 7) is -0.377. The quantitative estimate of drug-likeness (QED) is 0.219. The summed E-state index contributed by atoms with van der Waals surface area (Å²) >= 11 is 0. The minimum atomic E-state index is -4.60. The van der Waals surface area contributed by atoms with Gasteiger partial charge in [0.1, 0.15) is 6.54 Å². The zero-order valence-corrected chi connectivity index (χ0v) is 11.9. The van der Waals surface area contributed by atoms with E-state index in [-0.39, 0.29) is 12.4 Å². The molecule has 1 fully saturated rings. The Hall–Kier alpha value is -1.11. The third kappa shape index (κ3) is 7.45. The first-order valence-electron chi connectivity index (χ1n) is 6.14. The number of piperidine rings is 1. The van der Waals surface area contributed by atoms with Crippen molar-refractivity contribution in [3.8, 4) is 0 Å². The normalized spacial score (nSPS) is 19.9. The van der Waals surface area contributed by atoms with Crippen LogP contribution in [0.15, 0.2) is 5.16 Å². The lowest BCUT2D eigenvalue weighted by atomic mass is 10.1. The first kappa shape index (κ1) is 17.9. The fourth-order valence-electron chi connectivity index (χ4n) is 1.91. The van der Waals surface area contributed by atoms with Gasteiger partial charge in [-0.2, -0.15) is 31.0 Å². The number of halogens is 3. The third-order valence-electron chi connectivity index (χ3n) is 2.89. The first-order valence-corrected chi connectivity index (χ1v) is 7.62. The summed E-state index contributed by atoms with van der Waals surface area (Å²) in [5.74, 6) is 0.0425. The number of hydrogen-bond donors (Lipinski definition) is 4. The summed E-state index contributed by atoms with van der Waals surface area (Å²) in [6.07, 6.45) is -3.75. The summed E-state index contributed by atoms with van der Waals surface area (Å²) in [4.78, 5) is 1.85. The largest absolute Gasteiger partial charge is 0.409 e. The lowest BCUT2D eigenvalue weighted by molar-refractivity contribution is -0.121. The Labute approximate surface area is 120 Å². The van der Waals surface area contributed by atoms with Crippen LogP contribution in [-0.2, 0) is 10.2 Å². The molecular formula is C9H18F3N5O3S. The number of nitrogens with two attached hydrogens (primary N) is 1. The van der Waals surface area contributed by atoms with Crippen LogP contribution >= 0.6 is 0 Å². The van der Waals surface area contributed by atoms with Crippen LogP contribution in [-0.4, -0.2) is 62.8 Å². The van der Waals surface area contributed by atoms with Gasteiger partial charge in [-0.1, -0.05) is 5.16 Å². The number of nitrogens with zero attached hydrogens (tertiary/aromatic N) is 2. The standard InChI is InChI=1S/C9H18F3N5O3S/c10-9(11,12)6-14-21(19,20)16-7-1-3-17(4-2-7)5-8(13)15-18/h7,14,16,18H,1-6H2,(H2,13,15). The Balaban J connectivity index is 2.38. The molecule has 124 valence electrons. The molecule has 0 radical (unpaired) electrons. The lowest BCUT2D eigenvalue weighted by Crippen LogP contribution is -2.50. The number of rotatable bonds is 6. The smallest absolute Gasteiger partial charge is 0.402 e. The van der Waals surface area contributed by atoms with E-state index >= 15 is 0 Å². The van der Waals surface area contributed by atoms with Gasteiger partial charge in [0.05, 0.1) is 6.54 Å². The van der Waals surface area contributed by atoms with Crippen molar-refractivity contribution in [1.82, 2.24) is 14.3 Å². The van der Waals surface area contributed by atoms with E-state index in [1.165, 1.54) is 4.72 Å². The summed E-state index contributed by atoms with van der Waals surface area (Å²) in [7, 11) is -4.19. The van der Waals surface area contributed by atoms with Crippen LogP contribution in [0.2, 0.25) is 0 Å². The lowest BCUT2D eigenvalue weighted by Gasteiger charge is -2.31. The number of amidine groups is 1.